The zero-order valence-corrected chi connectivity index (χ0v) is 14.4. The number of aromatic nitrogens is 2. The first-order valence-electron chi connectivity index (χ1n) is 7.40. The molecule has 4 rings (SSSR count). The summed E-state index contributed by atoms with van der Waals surface area (Å²) in [5.74, 6) is 0.493. The summed E-state index contributed by atoms with van der Waals surface area (Å²) in [6.07, 6.45) is 1.59. The van der Waals surface area contributed by atoms with Gasteiger partial charge in [-0.2, -0.15) is 0 Å². The molecule has 0 N–H and O–H groups in total. The lowest BCUT2D eigenvalue weighted by Gasteiger charge is -2.02. The third-order valence-corrected chi connectivity index (χ3v) is 4.62. The molecule has 2 aromatic carbocycles. The maximum absolute atomic E-state index is 12.2. The van der Waals surface area contributed by atoms with E-state index in [4.69, 9.17) is 20.8 Å². The summed E-state index contributed by atoms with van der Waals surface area (Å²) in [7, 11) is 0. The number of esters is 1. The Morgan fingerprint density at radius 2 is 2.00 bits per heavy atom. The zero-order valence-electron chi connectivity index (χ0n) is 12.8. The molecule has 4 aromatic rings. The van der Waals surface area contributed by atoms with E-state index in [0.717, 1.165) is 15.8 Å². The highest BCUT2D eigenvalue weighted by Gasteiger charge is 2.12. The first kappa shape index (κ1) is 15.8. The van der Waals surface area contributed by atoms with Gasteiger partial charge in [0.2, 0.25) is 5.89 Å². The topological polar surface area (TPSA) is 65.2 Å². The van der Waals surface area contributed by atoms with Gasteiger partial charge in [0.25, 0.3) is 0 Å². The third kappa shape index (κ3) is 3.40. The molecule has 0 unspecified atom stereocenters. The van der Waals surface area contributed by atoms with Crippen LogP contribution < -0.4 is 0 Å². The highest BCUT2D eigenvalue weighted by molar-refractivity contribution is 7.16. The van der Waals surface area contributed by atoms with Crippen LogP contribution in [0, 0.1) is 0 Å². The van der Waals surface area contributed by atoms with Gasteiger partial charge in [-0.25, -0.2) is 14.8 Å². The molecule has 0 atom stereocenters. The lowest BCUT2D eigenvalue weighted by molar-refractivity contribution is 0.0439. The van der Waals surface area contributed by atoms with E-state index < -0.39 is 5.97 Å². The monoisotopic (exact) mass is 370 g/mol. The summed E-state index contributed by atoms with van der Waals surface area (Å²) in [5.41, 5.74) is 3.93. The highest BCUT2D eigenvalue weighted by atomic mass is 35.5. The minimum Gasteiger partial charge on any atom is -0.452 e. The van der Waals surface area contributed by atoms with Crippen LogP contribution in [0.5, 0.6) is 0 Å². The van der Waals surface area contributed by atoms with Crippen molar-refractivity contribution in [3.8, 4) is 11.3 Å². The van der Waals surface area contributed by atoms with E-state index in [0.29, 0.717) is 22.2 Å². The molecule has 5 nitrogen and oxygen atoms in total. The van der Waals surface area contributed by atoms with Gasteiger partial charge in [0.05, 0.1) is 27.5 Å². The molecule has 0 radical (unpaired) electrons. The van der Waals surface area contributed by atoms with Crippen LogP contribution in [0.15, 0.2) is 58.6 Å². The van der Waals surface area contributed by atoms with Gasteiger partial charge < -0.3 is 9.15 Å². The van der Waals surface area contributed by atoms with E-state index in [1.165, 1.54) is 11.3 Å². The first-order valence-corrected chi connectivity index (χ1v) is 8.66. The van der Waals surface area contributed by atoms with Crippen LogP contribution in [0.2, 0.25) is 5.02 Å². The molecular weight excluding hydrogens is 360 g/mol. The van der Waals surface area contributed by atoms with Crippen LogP contribution in [0.3, 0.4) is 0 Å². The van der Waals surface area contributed by atoms with Crippen molar-refractivity contribution in [1.82, 2.24) is 9.97 Å². The molecule has 0 aliphatic heterocycles. The maximum atomic E-state index is 12.2. The molecule has 0 fully saturated rings. The Bertz CT molecular complexity index is 1040. The zero-order chi connectivity index (χ0) is 17.2. The molecule has 0 aliphatic carbocycles. The van der Waals surface area contributed by atoms with E-state index >= 15 is 0 Å². The Morgan fingerprint density at radius 1 is 1.16 bits per heavy atom. The van der Waals surface area contributed by atoms with Crippen molar-refractivity contribution in [3.05, 3.63) is 70.6 Å². The smallest absolute Gasteiger partial charge is 0.338 e. The van der Waals surface area contributed by atoms with Crippen molar-refractivity contribution in [3.63, 3.8) is 0 Å². The van der Waals surface area contributed by atoms with E-state index in [9.17, 15) is 4.79 Å². The number of halogens is 1. The summed E-state index contributed by atoms with van der Waals surface area (Å²) < 4.78 is 11.8. The predicted octanol–water partition coefficient (Wildman–Crippen LogP) is 4.96. The van der Waals surface area contributed by atoms with E-state index in [1.54, 1.807) is 42.0 Å². The van der Waals surface area contributed by atoms with Crippen molar-refractivity contribution >= 4 is 39.1 Å². The molecule has 25 heavy (non-hydrogen) atoms. The fraction of sp³-hybridized carbons (Fsp3) is 0.0556. The molecule has 0 amide bonds. The lowest BCUT2D eigenvalue weighted by Crippen LogP contribution is -2.05. The van der Waals surface area contributed by atoms with Gasteiger partial charge in [0.1, 0.15) is 0 Å². The Kier molecular flexibility index (Phi) is 4.21. The van der Waals surface area contributed by atoms with Crippen molar-refractivity contribution in [2.75, 3.05) is 0 Å². The number of hydrogen-bond donors (Lipinski definition) is 0. The first-order chi connectivity index (χ1) is 12.2. The van der Waals surface area contributed by atoms with Gasteiger partial charge in [-0.3, -0.25) is 0 Å². The molecular formula is C18H11ClN2O3S. The van der Waals surface area contributed by atoms with Gasteiger partial charge in [0.15, 0.2) is 12.4 Å². The van der Waals surface area contributed by atoms with Crippen LogP contribution in [-0.4, -0.2) is 15.9 Å². The number of carbonyl (C=O) groups is 1. The molecule has 2 aromatic heterocycles. The SMILES string of the molecule is O=C(OCc1ncc(-c2ccc(Cl)cc2)o1)c1ccc2ncsc2c1. The average Bonchev–Trinajstić information content (AvgIpc) is 3.29. The van der Waals surface area contributed by atoms with Gasteiger partial charge in [-0.05, 0) is 42.5 Å². The Morgan fingerprint density at radius 3 is 2.84 bits per heavy atom. The molecule has 0 spiro atoms. The molecule has 124 valence electrons. The Balaban J connectivity index is 1.44. The summed E-state index contributed by atoms with van der Waals surface area (Å²) >= 11 is 7.35. The second-order valence-electron chi connectivity index (χ2n) is 5.24. The predicted molar refractivity (Wildman–Crippen MR) is 95.7 cm³/mol. The van der Waals surface area contributed by atoms with Crippen LogP contribution >= 0.6 is 22.9 Å². The quantitative estimate of drug-likeness (QED) is 0.475. The largest absolute Gasteiger partial charge is 0.452 e. The van der Waals surface area contributed by atoms with Gasteiger partial charge in [-0.1, -0.05) is 11.6 Å². The molecule has 7 heteroatoms. The fourth-order valence-electron chi connectivity index (χ4n) is 2.32. The Labute approximate surface area is 151 Å². The molecule has 0 aliphatic rings. The Hall–Kier alpha value is -2.70. The standard InChI is InChI=1S/C18H11ClN2O3S/c19-13-4-1-11(2-5-13)15-8-20-17(24-15)9-23-18(22)12-3-6-14-16(7-12)25-10-21-14/h1-8,10H,9H2. The molecule has 0 bridgehead atoms. The minimum atomic E-state index is -0.429. The van der Waals surface area contributed by atoms with Crippen LogP contribution in [0.25, 0.3) is 21.5 Å². The van der Waals surface area contributed by atoms with Crippen LogP contribution in [-0.2, 0) is 11.3 Å². The van der Waals surface area contributed by atoms with Crippen molar-refractivity contribution < 1.29 is 13.9 Å². The number of carbonyl (C=O) groups excluding carboxylic acids is 1. The minimum absolute atomic E-state index is 0.0346. The van der Waals surface area contributed by atoms with Crippen LogP contribution in [0.4, 0.5) is 0 Å². The third-order valence-electron chi connectivity index (χ3n) is 3.58. The summed E-state index contributed by atoms with van der Waals surface area (Å²) in [5, 5.41) is 0.648. The van der Waals surface area contributed by atoms with Gasteiger partial charge in [-0.15, -0.1) is 11.3 Å². The number of hydrogen-bond acceptors (Lipinski definition) is 6. The highest BCUT2D eigenvalue weighted by Crippen LogP contribution is 2.23. The van der Waals surface area contributed by atoms with Crippen molar-refractivity contribution in [2.24, 2.45) is 0 Å². The second-order valence-corrected chi connectivity index (χ2v) is 6.56. The summed E-state index contributed by atoms with van der Waals surface area (Å²) in [4.78, 5) is 20.5. The maximum Gasteiger partial charge on any atom is 0.338 e. The second kappa shape index (κ2) is 6.66. The number of thiazole rings is 1. The lowest BCUT2D eigenvalue weighted by atomic mass is 10.2. The number of nitrogens with zero attached hydrogens (tertiary/aromatic N) is 2. The van der Waals surface area contributed by atoms with E-state index in [1.807, 2.05) is 12.1 Å². The number of fused-ring (bicyclic) bond motifs is 1. The summed E-state index contributed by atoms with van der Waals surface area (Å²) in [6.45, 7) is -0.0346. The van der Waals surface area contributed by atoms with Crippen molar-refractivity contribution in [1.29, 1.82) is 0 Å². The number of oxazole rings is 1. The van der Waals surface area contributed by atoms with Gasteiger partial charge >= 0.3 is 5.97 Å². The molecule has 0 saturated heterocycles. The summed E-state index contributed by atoms with van der Waals surface area (Å²) in [6, 6.07) is 12.5. The number of rotatable bonds is 4. The number of ether oxygens (including phenoxy) is 1. The van der Waals surface area contributed by atoms with E-state index in [-0.39, 0.29) is 6.61 Å². The van der Waals surface area contributed by atoms with Crippen LogP contribution in [0.1, 0.15) is 16.2 Å². The fourth-order valence-corrected chi connectivity index (χ4v) is 3.16. The molecule has 2 heterocycles. The average molecular weight is 371 g/mol. The number of benzene rings is 2. The van der Waals surface area contributed by atoms with Crippen molar-refractivity contribution in [2.45, 2.75) is 6.61 Å². The van der Waals surface area contributed by atoms with Gasteiger partial charge in [0, 0.05) is 10.6 Å². The normalized spacial score (nSPS) is 10.9. The molecule has 0 saturated carbocycles. The van der Waals surface area contributed by atoms with E-state index in [2.05, 4.69) is 9.97 Å².